The van der Waals surface area contributed by atoms with Crippen molar-refractivity contribution in [3.63, 3.8) is 0 Å². The predicted molar refractivity (Wildman–Crippen MR) is 83.6 cm³/mol. The first-order chi connectivity index (χ1) is 10.1. The van der Waals surface area contributed by atoms with Crippen molar-refractivity contribution in [1.82, 2.24) is 9.78 Å². The molecule has 0 aliphatic carbocycles. The Balaban J connectivity index is 2.23. The van der Waals surface area contributed by atoms with Gasteiger partial charge in [-0.25, -0.2) is 4.68 Å². The molecule has 0 amide bonds. The summed E-state index contributed by atoms with van der Waals surface area (Å²) in [6, 6.07) is 11.1. The molecule has 0 N–H and O–H groups in total. The largest absolute Gasteiger partial charge is 0.618 e. The highest BCUT2D eigenvalue weighted by Gasteiger charge is 2.19. The molecule has 3 aromatic rings. The zero-order chi connectivity index (χ0) is 15.0. The van der Waals surface area contributed by atoms with E-state index >= 15 is 0 Å². The second kappa shape index (κ2) is 5.37. The third-order valence-corrected chi connectivity index (χ3v) is 3.59. The lowest BCUT2D eigenvalue weighted by Gasteiger charge is -2.02. The Hall–Kier alpha value is -2.07. The number of aromatic nitrogens is 3. The maximum atomic E-state index is 12.1. The first-order valence-electron chi connectivity index (χ1n) is 6.92. The van der Waals surface area contributed by atoms with Crippen LogP contribution < -0.4 is 4.73 Å². The van der Waals surface area contributed by atoms with Gasteiger partial charge in [-0.15, -0.1) is 0 Å². The quantitative estimate of drug-likeness (QED) is 0.549. The zero-order valence-electron chi connectivity index (χ0n) is 12.0. The third-order valence-electron chi connectivity index (χ3n) is 3.33. The van der Waals surface area contributed by atoms with E-state index in [0.717, 1.165) is 28.0 Å². The van der Waals surface area contributed by atoms with Gasteiger partial charge in [-0.3, -0.25) is 0 Å². The van der Waals surface area contributed by atoms with Crippen LogP contribution in [0.4, 0.5) is 0 Å². The maximum absolute atomic E-state index is 12.1. The SMILES string of the molecule is CC(C)Cc1nn(-c2ccc(Cl)cc2)c2ccc[n+]([O-])c12. The Bertz CT molecular complexity index is 778. The smallest absolute Gasteiger partial charge is 0.265 e. The van der Waals surface area contributed by atoms with Crippen molar-refractivity contribution >= 4 is 22.6 Å². The summed E-state index contributed by atoms with van der Waals surface area (Å²) < 4.78 is 2.70. The van der Waals surface area contributed by atoms with Crippen molar-refractivity contribution in [2.24, 2.45) is 5.92 Å². The highest BCUT2D eigenvalue weighted by atomic mass is 35.5. The molecule has 4 nitrogen and oxygen atoms in total. The molecule has 1 aromatic carbocycles. The van der Waals surface area contributed by atoms with Gasteiger partial charge in [-0.2, -0.15) is 9.83 Å². The fourth-order valence-electron chi connectivity index (χ4n) is 2.45. The van der Waals surface area contributed by atoms with Crippen LogP contribution in [-0.2, 0) is 6.42 Å². The molecule has 21 heavy (non-hydrogen) atoms. The number of hydrogen-bond donors (Lipinski definition) is 0. The number of nitrogens with zero attached hydrogens (tertiary/aromatic N) is 3. The van der Waals surface area contributed by atoms with Gasteiger partial charge in [0.15, 0.2) is 6.20 Å². The van der Waals surface area contributed by atoms with E-state index in [2.05, 4.69) is 18.9 Å². The second-order valence-electron chi connectivity index (χ2n) is 5.50. The van der Waals surface area contributed by atoms with Gasteiger partial charge in [0, 0.05) is 17.5 Å². The number of fused-ring (bicyclic) bond motifs is 1. The van der Waals surface area contributed by atoms with Crippen molar-refractivity contribution in [2.75, 3.05) is 0 Å². The first kappa shape index (κ1) is 13.9. The van der Waals surface area contributed by atoms with Crippen LogP contribution >= 0.6 is 11.6 Å². The molecular formula is C16H16ClN3O. The highest BCUT2D eigenvalue weighted by Crippen LogP contribution is 2.22. The van der Waals surface area contributed by atoms with E-state index in [1.165, 1.54) is 6.20 Å². The molecule has 0 bridgehead atoms. The molecule has 0 saturated carbocycles. The van der Waals surface area contributed by atoms with Crippen molar-refractivity contribution in [3.05, 3.63) is 58.5 Å². The Kier molecular flexibility index (Phi) is 3.55. The summed E-state index contributed by atoms with van der Waals surface area (Å²) in [4.78, 5) is 0. The van der Waals surface area contributed by atoms with E-state index in [9.17, 15) is 5.21 Å². The number of benzene rings is 1. The molecule has 0 spiro atoms. The van der Waals surface area contributed by atoms with Crippen molar-refractivity contribution in [2.45, 2.75) is 20.3 Å². The molecule has 0 unspecified atom stereocenters. The number of hydrogen-bond acceptors (Lipinski definition) is 2. The first-order valence-corrected chi connectivity index (χ1v) is 7.30. The summed E-state index contributed by atoms with van der Waals surface area (Å²) in [5.74, 6) is 0.432. The van der Waals surface area contributed by atoms with Gasteiger partial charge in [-0.1, -0.05) is 25.4 Å². The minimum absolute atomic E-state index is 0.432. The summed E-state index contributed by atoms with van der Waals surface area (Å²) in [6.07, 6.45) is 2.28. The van der Waals surface area contributed by atoms with Gasteiger partial charge < -0.3 is 5.21 Å². The molecule has 108 valence electrons. The summed E-state index contributed by atoms with van der Waals surface area (Å²) in [7, 11) is 0. The minimum atomic E-state index is 0.432. The standard InChI is InChI=1S/C16H16ClN3O/c1-11(2)10-14-16-15(4-3-9-19(16)21)20(18-14)13-7-5-12(17)6-8-13/h3-9,11H,10H2,1-2H3. The molecule has 0 fully saturated rings. The Morgan fingerprint density at radius 2 is 1.95 bits per heavy atom. The van der Waals surface area contributed by atoms with E-state index in [4.69, 9.17) is 11.6 Å². The maximum Gasteiger partial charge on any atom is 0.265 e. The fraction of sp³-hybridized carbons (Fsp3) is 0.250. The van der Waals surface area contributed by atoms with Gasteiger partial charge in [0.2, 0.25) is 0 Å². The van der Waals surface area contributed by atoms with Crippen LogP contribution in [0.2, 0.25) is 5.02 Å². The van der Waals surface area contributed by atoms with Crippen LogP contribution in [0.3, 0.4) is 0 Å². The van der Waals surface area contributed by atoms with E-state index < -0.39 is 0 Å². The number of pyridine rings is 1. The Labute approximate surface area is 128 Å². The highest BCUT2D eigenvalue weighted by molar-refractivity contribution is 6.30. The lowest BCUT2D eigenvalue weighted by Crippen LogP contribution is -2.26. The van der Waals surface area contributed by atoms with Gasteiger partial charge in [0.1, 0.15) is 11.2 Å². The lowest BCUT2D eigenvalue weighted by atomic mass is 10.1. The average molecular weight is 302 g/mol. The normalized spacial score (nSPS) is 11.4. The second-order valence-corrected chi connectivity index (χ2v) is 5.94. The molecule has 2 heterocycles. The van der Waals surface area contributed by atoms with Crippen LogP contribution in [0.1, 0.15) is 19.5 Å². The van der Waals surface area contributed by atoms with Gasteiger partial charge >= 0.3 is 0 Å². The van der Waals surface area contributed by atoms with Crippen molar-refractivity contribution < 1.29 is 4.73 Å². The topological polar surface area (TPSA) is 44.8 Å². The molecular weight excluding hydrogens is 286 g/mol. The summed E-state index contributed by atoms with van der Waals surface area (Å²) in [5.41, 5.74) is 3.17. The van der Waals surface area contributed by atoms with Gasteiger partial charge in [0.05, 0.1) is 5.69 Å². The van der Waals surface area contributed by atoms with Crippen LogP contribution in [0.25, 0.3) is 16.7 Å². The zero-order valence-corrected chi connectivity index (χ0v) is 12.7. The van der Waals surface area contributed by atoms with E-state index in [0.29, 0.717) is 16.5 Å². The third kappa shape index (κ3) is 2.59. The predicted octanol–water partition coefficient (Wildman–Crippen LogP) is 3.51. The monoisotopic (exact) mass is 301 g/mol. The van der Waals surface area contributed by atoms with Crippen LogP contribution in [-0.4, -0.2) is 9.78 Å². The Morgan fingerprint density at radius 3 is 2.62 bits per heavy atom. The average Bonchev–Trinajstić information content (AvgIpc) is 2.79. The number of rotatable bonds is 3. The van der Waals surface area contributed by atoms with Crippen molar-refractivity contribution in [1.29, 1.82) is 0 Å². The summed E-state index contributed by atoms with van der Waals surface area (Å²) in [6.45, 7) is 4.23. The summed E-state index contributed by atoms with van der Waals surface area (Å²) >= 11 is 5.93. The molecule has 0 aliphatic rings. The molecule has 5 heteroatoms. The molecule has 2 aromatic heterocycles. The number of halogens is 1. The molecule has 0 radical (unpaired) electrons. The Morgan fingerprint density at radius 1 is 1.24 bits per heavy atom. The molecule has 0 saturated heterocycles. The molecule has 3 rings (SSSR count). The van der Waals surface area contributed by atoms with Crippen LogP contribution in [0, 0.1) is 11.1 Å². The van der Waals surface area contributed by atoms with E-state index in [1.807, 2.05) is 30.3 Å². The van der Waals surface area contributed by atoms with Gasteiger partial charge in [-0.05, 0) is 36.2 Å². The van der Waals surface area contributed by atoms with E-state index in [-0.39, 0.29) is 0 Å². The van der Waals surface area contributed by atoms with Crippen molar-refractivity contribution in [3.8, 4) is 5.69 Å². The van der Waals surface area contributed by atoms with Crippen LogP contribution in [0.15, 0.2) is 42.6 Å². The lowest BCUT2D eigenvalue weighted by molar-refractivity contribution is -0.577. The summed E-state index contributed by atoms with van der Waals surface area (Å²) in [5, 5.41) is 17.4. The minimum Gasteiger partial charge on any atom is -0.618 e. The fourth-order valence-corrected chi connectivity index (χ4v) is 2.58. The molecule has 0 aliphatic heterocycles. The van der Waals surface area contributed by atoms with E-state index in [1.54, 1.807) is 10.7 Å². The molecule has 0 atom stereocenters. The van der Waals surface area contributed by atoms with Gasteiger partial charge in [0.25, 0.3) is 5.52 Å². The van der Waals surface area contributed by atoms with Crippen LogP contribution in [0.5, 0.6) is 0 Å².